The van der Waals surface area contributed by atoms with E-state index >= 15 is 0 Å². The molecule has 1 aromatic carbocycles. The third-order valence-electron chi connectivity index (χ3n) is 2.48. The molecule has 0 saturated carbocycles. The zero-order valence-corrected chi connectivity index (χ0v) is 11.4. The number of hydrogen-bond acceptors (Lipinski definition) is 5. The summed E-state index contributed by atoms with van der Waals surface area (Å²) in [5, 5.41) is 0. The smallest absolute Gasteiger partial charge is 0.309 e. The van der Waals surface area contributed by atoms with Crippen LogP contribution in [0.3, 0.4) is 0 Å². The third-order valence-corrected chi connectivity index (χ3v) is 4.42. The lowest BCUT2D eigenvalue weighted by molar-refractivity contribution is -0.144. The first-order valence-electron chi connectivity index (χ1n) is 5.36. The summed E-state index contributed by atoms with van der Waals surface area (Å²) in [6.45, 7) is 1.51. The average molecular weight is 272 g/mol. The molecule has 0 amide bonds. The van der Waals surface area contributed by atoms with Gasteiger partial charge in [-0.15, -0.1) is 0 Å². The summed E-state index contributed by atoms with van der Waals surface area (Å²) in [5.41, 5.74) is 0. The number of ether oxygens (including phenoxy) is 2. The Morgan fingerprint density at radius 3 is 2.44 bits per heavy atom. The minimum Gasteiger partial charge on any atom is -0.495 e. The highest BCUT2D eigenvalue weighted by Crippen LogP contribution is 2.25. The number of hydrogen-bond donors (Lipinski definition) is 0. The largest absolute Gasteiger partial charge is 0.495 e. The number of esters is 1. The first-order chi connectivity index (χ1) is 8.42. The lowest BCUT2D eigenvalue weighted by atomic mass is 10.2. The van der Waals surface area contributed by atoms with Gasteiger partial charge in [-0.3, -0.25) is 4.79 Å². The number of para-hydroxylation sites is 1. The molecular weight excluding hydrogens is 256 g/mol. The van der Waals surface area contributed by atoms with E-state index in [1.807, 2.05) is 0 Å². The maximum Gasteiger partial charge on any atom is 0.309 e. The quantitative estimate of drug-likeness (QED) is 0.755. The maximum absolute atomic E-state index is 12.2. The van der Waals surface area contributed by atoms with Crippen LogP contribution in [0.15, 0.2) is 29.2 Å². The SMILES string of the molecule is COC(=O)C(C)CS(=O)(=O)c1ccccc1OC. The number of carbonyl (C=O) groups is 1. The number of sulfone groups is 1. The van der Waals surface area contributed by atoms with Crippen molar-refractivity contribution in [2.24, 2.45) is 5.92 Å². The van der Waals surface area contributed by atoms with E-state index in [0.29, 0.717) is 0 Å². The predicted octanol–water partition coefficient (Wildman–Crippen LogP) is 1.28. The van der Waals surface area contributed by atoms with Gasteiger partial charge in [0.15, 0.2) is 9.84 Å². The first kappa shape index (κ1) is 14.5. The van der Waals surface area contributed by atoms with Crippen molar-refractivity contribution in [3.05, 3.63) is 24.3 Å². The molecule has 0 heterocycles. The van der Waals surface area contributed by atoms with Gasteiger partial charge in [-0.05, 0) is 12.1 Å². The molecule has 0 spiro atoms. The molecule has 0 saturated heterocycles. The Labute approximate surface area is 107 Å². The van der Waals surface area contributed by atoms with Gasteiger partial charge >= 0.3 is 5.97 Å². The monoisotopic (exact) mass is 272 g/mol. The van der Waals surface area contributed by atoms with Crippen LogP contribution in [0.5, 0.6) is 5.75 Å². The van der Waals surface area contributed by atoms with Crippen LogP contribution in [0.2, 0.25) is 0 Å². The molecule has 0 aliphatic heterocycles. The topological polar surface area (TPSA) is 69.7 Å². The molecule has 1 atom stereocenters. The van der Waals surface area contributed by atoms with Crippen LogP contribution < -0.4 is 4.74 Å². The Morgan fingerprint density at radius 1 is 1.28 bits per heavy atom. The highest BCUT2D eigenvalue weighted by Gasteiger charge is 2.26. The second kappa shape index (κ2) is 5.86. The van der Waals surface area contributed by atoms with Crippen molar-refractivity contribution in [2.75, 3.05) is 20.0 Å². The van der Waals surface area contributed by atoms with E-state index in [1.165, 1.54) is 27.2 Å². The number of rotatable bonds is 5. The lowest BCUT2D eigenvalue weighted by Gasteiger charge is -2.12. The van der Waals surface area contributed by atoms with Crippen LogP contribution in [0.4, 0.5) is 0 Å². The molecular formula is C12H16O5S. The van der Waals surface area contributed by atoms with Crippen LogP contribution in [0.1, 0.15) is 6.92 Å². The summed E-state index contributed by atoms with van der Waals surface area (Å²) in [4.78, 5) is 11.3. The van der Waals surface area contributed by atoms with Gasteiger partial charge in [-0.2, -0.15) is 0 Å². The van der Waals surface area contributed by atoms with E-state index in [1.54, 1.807) is 18.2 Å². The molecule has 100 valence electrons. The number of benzene rings is 1. The van der Waals surface area contributed by atoms with Crippen LogP contribution in [0, 0.1) is 5.92 Å². The maximum atomic E-state index is 12.2. The van der Waals surface area contributed by atoms with Gasteiger partial charge in [0, 0.05) is 0 Å². The normalized spacial score (nSPS) is 12.8. The Balaban J connectivity index is 3.03. The Bertz CT molecular complexity index is 521. The summed E-state index contributed by atoms with van der Waals surface area (Å²) in [6.07, 6.45) is 0. The highest BCUT2D eigenvalue weighted by molar-refractivity contribution is 7.91. The lowest BCUT2D eigenvalue weighted by Crippen LogP contribution is -2.22. The predicted molar refractivity (Wildman–Crippen MR) is 66.2 cm³/mol. The van der Waals surface area contributed by atoms with Crippen molar-refractivity contribution in [3.8, 4) is 5.75 Å². The summed E-state index contributed by atoms with van der Waals surface area (Å²) in [5.74, 6) is -1.30. The van der Waals surface area contributed by atoms with E-state index in [-0.39, 0.29) is 16.4 Å². The zero-order chi connectivity index (χ0) is 13.8. The Kier molecular flexibility index (Phi) is 4.72. The molecule has 1 unspecified atom stereocenters. The van der Waals surface area contributed by atoms with E-state index in [0.717, 1.165) is 0 Å². The van der Waals surface area contributed by atoms with Crippen LogP contribution in [-0.2, 0) is 19.4 Å². The molecule has 0 bridgehead atoms. The average Bonchev–Trinajstić information content (AvgIpc) is 2.37. The summed E-state index contributed by atoms with van der Waals surface area (Å²) >= 11 is 0. The van der Waals surface area contributed by atoms with Crippen LogP contribution >= 0.6 is 0 Å². The van der Waals surface area contributed by atoms with Gasteiger partial charge in [0.2, 0.25) is 0 Å². The fourth-order valence-corrected chi connectivity index (χ4v) is 3.28. The van der Waals surface area contributed by atoms with Crippen molar-refractivity contribution in [2.45, 2.75) is 11.8 Å². The van der Waals surface area contributed by atoms with Crippen molar-refractivity contribution in [1.29, 1.82) is 0 Å². The van der Waals surface area contributed by atoms with Crippen molar-refractivity contribution in [1.82, 2.24) is 0 Å². The third kappa shape index (κ3) is 3.22. The molecule has 0 radical (unpaired) electrons. The van der Waals surface area contributed by atoms with Gasteiger partial charge in [-0.1, -0.05) is 19.1 Å². The van der Waals surface area contributed by atoms with Gasteiger partial charge in [-0.25, -0.2) is 8.42 Å². The summed E-state index contributed by atoms with van der Waals surface area (Å²) in [6, 6.07) is 6.31. The number of carbonyl (C=O) groups excluding carboxylic acids is 1. The molecule has 0 N–H and O–H groups in total. The van der Waals surface area contributed by atoms with Gasteiger partial charge < -0.3 is 9.47 Å². The van der Waals surface area contributed by atoms with Crippen molar-refractivity contribution in [3.63, 3.8) is 0 Å². The summed E-state index contributed by atoms with van der Waals surface area (Å²) < 4.78 is 33.8. The molecule has 6 heteroatoms. The molecule has 0 aromatic heterocycles. The van der Waals surface area contributed by atoms with Gasteiger partial charge in [0.05, 0.1) is 25.9 Å². The number of methoxy groups -OCH3 is 2. The molecule has 18 heavy (non-hydrogen) atoms. The van der Waals surface area contributed by atoms with Crippen LogP contribution in [0.25, 0.3) is 0 Å². The molecule has 1 rings (SSSR count). The zero-order valence-electron chi connectivity index (χ0n) is 10.5. The molecule has 0 aliphatic carbocycles. The molecule has 1 aromatic rings. The second-order valence-corrected chi connectivity index (χ2v) is 5.86. The van der Waals surface area contributed by atoms with Gasteiger partial charge in [0.1, 0.15) is 10.6 Å². The van der Waals surface area contributed by atoms with Crippen molar-refractivity contribution < 1.29 is 22.7 Å². The van der Waals surface area contributed by atoms with E-state index in [9.17, 15) is 13.2 Å². The molecule has 0 fully saturated rings. The van der Waals surface area contributed by atoms with E-state index < -0.39 is 21.7 Å². The Hall–Kier alpha value is -1.56. The fraction of sp³-hybridized carbons (Fsp3) is 0.417. The fourth-order valence-electron chi connectivity index (χ4n) is 1.56. The van der Waals surface area contributed by atoms with Crippen molar-refractivity contribution >= 4 is 15.8 Å². The van der Waals surface area contributed by atoms with Crippen LogP contribution in [-0.4, -0.2) is 34.4 Å². The molecule has 5 nitrogen and oxygen atoms in total. The van der Waals surface area contributed by atoms with E-state index in [4.69, 9.17) is 4.74 Å². The summed E-state index contributed by atoms with van der Waals surface area (Å²) in [7, 11) is -0.952. The second-order valence-electron chi connectivity index (χ2n) is 3.86. The molecule has 0 aliphatic rings. The van der Waals surface area contributed by atoms with E-state index in [2.05, 4.69) is 4.74 Å². The highest BCUT2D eigenvalue weighted by atomic mass is 32.2. The van der Waals surface area contributed by atoms with Gasteiger partial charge in [0.25, 0.3) is 0 Å². The standard InChI is InChI=1S/C12H16O5S/c1-9(12(13)17-3)8-18(14,15)11-7-5-4-6-10(11)16-2/h4-7,9H,8H2,1-3H3. The minimum absolute atomic E-state index is 0.0863. The minimum atomic E-state index is -3.58. The first-order valence-corrected chi connectivity index (χ1v) is 7.01. The Morgan fingerprint density at radius 2 is 1.89 bits per heavy atom.